The molecule has 0 saturated carbocycles. The summed E-state index contributed by atoms with van der Waals surface area (Å²) in [4.78, 5) is 24.6. The molecule has 290 valence electrons. The van der Waals surface area contributed by atoms with Gasteiger partial charge in [-0.15, -0.1) is 0 Å². The Morgan fingerprint density at radius 2 is 1.20 bits per heavy atom. The molecule has 1 atom stereocenters. The Morgan fingerprint density at radius 3 is 1.82 bits per heavy atom. The SMILES string of the molecule is CCCCCC[C@@H](O)C/C=C\CCCCCCCC(=O)NCCC[N+](C)(C)CC(=O)OCCCCCCCCCCCCCCCC(C)C. The van der Waals surface area contributed by atoms with Gasteiger partial charge in [-0.3, -0.25) is 4.79 Å². The molecule has 0 saturated heterocycles. The van der Waals surface area contributed by atoms with Gasteiger partial charge in [-0.25, -0.2) is 4.79 Å². The number of allylic oxidation sites excluding steroid dienone is 1. The second kappa shape index (κ2) is 35.0. The Hall–Kier alpha value is -1.40. The number of aliphatic hydroxyl groups is 1. The van der Waals surface area contributed by atoms with E-state index in [1.54, 1.807) is 0 Å². The van der Waals surface area contributed by atoms with Crippen molar-refractivity contribution in [1.29, 1.82) is 0 Å². The van der Waals surface area contributed by atoms with Crippen LogP contribution in [0.15, 0.2) is 12.2 Å². The molecule has 0 heterocycles. The van der Waals surface area contributed by atoms with Gasteiger partial charge in [-0.05, 0) is 44.4 Å². The number of likely N-dealkylation sites (N-methyl/N-ethyl adjacent to an activating group) is 1. The summed E-state index contributed by atoms with van der Waals surface area (Å²) in [6.45, 7) is 9.26. The first-order chi connectivity index (χ1) is 23.7. The van der Waals surface area contributed by atoms with Crippen molar-refractivity contribution in [2.75, 3.05) is 40.3 Å². The smallest absolute Gasteiger partial charge is 0.361 e. The predicted molar refractivity (Wildman–Crippen MR) is 211 cm³/mol. The van der Waals surface area contributed by atoms with E-state index < -0.39 is 0 Å². The Bertz CT molecular complexity index is 767. The molecule has 0 spiro atoms. The second-order valence-corrected chi connectivity index (χ2v) is 16.0. The van der Waals surface area contributed by atoms with Crippen LogP contribution in [0.4, 0.5) is 0 Å². The molecule has 0 rings (SSSR count). The summed E-state index contributed by atoms with van der Waals surface area (Å²) in [6, 6.07) is 0. The third-order valence-electron chi connectivity index (χ3n) is 9.75. The van der Waals surface area contributed by atoms with Gasteiger partial charge in [0.15, 0.2) is 6.54 Å². The van der Waals surface area contributed by atoms with Gasteiger partial charge < -0.3 is 19.6 Å². The molecule has 0 aromatic rings. The number of ether oxygens (including phenoxy) is 1. The van der Waals surface area contributed by atoms with E-state index >= 15 is 0 Å². The minimum atomic E-state index is -0.184. The Balaban J connectivity index is 3.55. The standard InChI is InChI=1S/C43H84N2O4/c1-6-7-8-27-33-41(46)34-28-23-19-15-16-20-24-29-35-42(47)44-36-31-37-45(4,5)39-43(48)49-38-30-25-21-17-13-11-9-10-12-14-18-22-26-32-40(2)3/h23,28,40-41,46H,6-22,24-27,29-39H2,1-5H3/p+1/b28-23-/t41-/m1/s1. The number of hydrogen-bond acceptors (Lipinski definition) is 4. The molecule has 0 radical (unpaired) electrons. The summed E-state index contributed by atoms with van der Waals surface area (Å²) < 4.78 is 6.11. The van der Waals surface area contributed by atoms with Gasteiger partial charge in [0.05, 0.1) is 33.4 Å². The number of aliphatic hydroxyl groups excluding tert-OH is 1. The molecular weight excluding hydrogens is 608 g/mol. The molecule has 0 aliphatic rings. The molecule has 2 N–H and O–H groups in total. The third-order valence-corrected chi connectivity index (χ3v) is 9.75. The maximum atomic E-state index is 12.4. The molecule has 1 amide bonds. The highest BCUT2D eigenvalue weighted by Crippen LogP contribution is 2.15. The molecule has 6 heteroatoms. The van der Waals surface area contributed by atoms with Crippen LogP contribution >= 0.6 is 0 Å². The van der Waals surface area contributed by atoms with Crippen LogP contribution in [0.25, 0.3) is 0 Å². The Labute approximate surface area is 305 Å². The van der Waals surface area contributed by atoms with E-state index in [1.807, 2.05) is 0 Å². The van der Waals surface area contributed by atoms with E-state index in [4.69, 9.17) is 4.74 Å². The highest BCUT2D eigenvalue weighted by atomic mass is 16.5. The first-order valence-corrected chi connectivity index (χ1v) is 21.2. The summed E-state index contributed by atoms with van der Waals surface area (Å²) in [5.74, 6) is 0.880. The number of hydrogen-bond donors (Lipinski definition) is 2. The molecule has 6 nitrogen and oxygen atoms in total. The van der Waals surface area contributed by atoms with E-state index in [9.17, 15) is 14.7 Å². The quantitative estimate of drug-likeness (QED) is 0.0294. The summed E-state index contributed by atoms with van der Waals surface area (Å²) in [6.07, 6.45) is 37.5. The number of nitrogens with zero attached hydrogens (tertiary/aromatic N) is 1. The summed E-state index contributed by atoms with van der Waals surface area (Å²) in [5.41, 5.74) is 0. The van der Waals surface area contributed by atoms with Crippen molar-refractivity contribution in [1.82, 2.24) is 5.32 Å². The van der Waals surface area contributed by atoms with Gasteiger partial charge in [0.2, 0.25) is 5.91 Å². The van der Waals surface area contributed by atoms with Gasteiger partial charge in [0.1, 0.15) is 0 Å². The number of esters is 1. The van der Waals surface area contributed by atoms with Gasteiger partial charge in [0, 0.05) is 19.4 Å². The molecule has 0 aliphatic heterocycles. The number of carbonyl (C=O) groups excluding carboxylic acids is 2. The minimum absolute atomic E-state index is 0.114. The van der Waals surface area contributed by atoms with E-state index in [1.165, 1.54) is 116 Å². The molecule has 49 heavy (non-hydrogen) atoms. The first-order valence-electron chi connectivity index (χ1n) is 21.2. The lowest BCUT2D eigenvalue weighted by atomic mass is 10.0. The number of quaternary nitrogens is 1. The fraction of sp³-hybridized carbons (Fsp3) is 0.907. The first kappa shape index (κ1) is 47.6. The van der Waals surface area contributed by atoms with Gasteiger partial charge >= 0.3 is 5.97 Å². The summed E-state index contributed by atoms with van der Waals surface area (Å²) >= 11 is 0. The predicted octanol–water partition coefficient (Wildman–Crippen LogP) is 11.2. The van der Waals surface area contributed by atoms with Gasteiger partial charge in [-0.1, -0.05) is 161 Å². The van der Waals surface area contributed by atoms with Crippen molar-refractivity contribution in [3.05, 3.63) is 12.2 Å². The van der Waals surface area contributed by atoms with Crippen LogP contribution in [0.3, 0.4) is 0 Å². The molecule has 0 aromatic heterocycles. The Morgan fingerprint density at radius 1 is 0.673 bits per heavy atom. The lowest BCUT2D eigenvalue weighted by Crippen LogP contribution is -2.46. The summed E-state index contributed by atoms with van der Waals surface area (Å²) in [7, 11) is 4.12. The molecule has 0 bridgehead atoms. The normalized spacial score (nSPS) is 12.6. The van der Waals surface area contributed by atoms with E-state index in [0.717, 1.165) is 70.3 Å². The zero-order valence-electron chi connectivity index (χ0n) is 33.6. The minimum Gasteiger partial charge on any atom is -0.462 e. The average molecular weight is 694 g/mol. The van der Waals surface area contributed by atoms with Crippen molar-refractivity contribution in [2.45, 2.75) is 207 Å². The van der Waals surface area contributed by atoms with Crippen LogP contribution < -0.4 is 5.32 Å². The zero-order valence-corrected chi connectivity index (χ0v) is 33.6. The maximum Gasteiger partial charge on any atom is 0.361 e. The molecular formula is C43H85N2O4+. The van der Waals surface area contributed by atoms with Crippen LogP contribution in [-0.4, -0.2) is 67.9 Å². The number of nitrogens with one attached hydrogen (secondary N) is 1. The Kier molecular flexibility index (Phi) is 34.0. The molecule has 0 fully saturated rings. The van der Waals surface area contributed by atoms with Crippen LogP contribution in [0.1, 0.15) is 201 Å². The summed E-state index contributed by atoms with van der Waals surface area (Å²) in [5, 5.41) is 13.1. The van der Waals surface area contributed by atoms with E-state index in [0.29, 0.717) is 30.6 Å². The van der Waals surface area contributed by atoms with E-state index in [-0.39, 0.29) is 18.0 Å². The number of rotatable bonds is 37. The molecule has 0 unspecified atom stereocenters. The lowest BCUT2D eigenvalue weighted by Gasteiger charge is -2.28. The van der Waals surface area contributed by atoms with Crippen LogP contribution in [0.2, 0.25) is 0 Å². The van der Waals surface area contributed by atoms with Crippen molar-refractivity contribution in [3.63, 3.8) is 0 Å². The average Bonchev–Trinajstić information content (AvgIpc) is 3.05. The van der Waals surface area contributed by atoms with Gasteiger partial charge in [-0.2, -0.15) is 0 Å². The number of carbonyl (C=O) groups is 2. The van der Waals surface area contributed by atoms with Crippen molar-refractivity contribution in [2.24, 2.45) is 5.92 Å². The molecule has 0 aromatic carbocycles. The van der Waals surface area contributed by atoms with Gasteiger partial charge in [0.25, 0.3) is 0 Å². The number of amides is 1. The van der Waals surface area contributed by atoms with E-state index in [2.05, 4.69) is 52.3 Å². The zero-order chi connectivity index (χ0) is 36.3. The van der Waals surface area contributed by atoms with Crippen molar-refractivity contribution < 1.29 is 23.9 Å². The fourth-order valence-electron chi connectivity index (χ4n) is 6.46. The van der Waals surface area contributed by atoms with Crippen LogP contribution in [0.5, 0.6) is 0 Å². The van der Waals surface area contributed by atoms with Crippen LogP contribution in [-0.2, 0) is 14.3 Å². The fourth-order valence-corrected chi connectivity index (χ4v) is 6.46. The highest BCUT2D eigenvalue weighted by molar-refractivity contribution is 5.75. The lowest BCUT2D eigenvalue weighted by molar-refractivity contribution is -0.883. The number of unbranched alkanes of at least 4 members (excludes halogenated alkanes) is 20. The van der Waals surface area contributed by atoms with Crippen LogP contribution in [0, 0.1) is 5.92 Å². The third kappa shape index (κ3) is 37.7. The van der Waals surface area contributed by atoms with Crippen molar-refractivity contribution >= 4 is 11.9 Å². The monoisotopic (exact) mass is 694 g/mol. The largest absolute Gasteiger partial charge is 0.462 e. The van der Waals surface area contributed by atoms with Crippen molar-refractivity contribution in [3.8, 4) is 0 Å². The second-order valence-electron chi connectivity index (χ2n) is 16.0. The highest BCUT2D eigenvalue weighted by Gasteiger charge is 2.20. The topological polar surface area (TPSA) is 75.6 Å². The maximum absolute atomic E-state index is 12.4. The molecule has 0 aliphatic carbocycles.